The second kappa shape index (κ2) is 6.68. The third kappa shape index (κ3) is 4.04. The molecule has 0 spiro atoms. The van der Waals surface area contributed by atoms with E-state index < -0.39 is 0 Å². The second-order valence-electron chi connectivity index (χ2n) is 5.33. The SMILES string of the molecule is CN(C)Cc1cccc(C(=O)N2CCCNCC2)c1. The van der Waals surface area contributed by atoms with Gasteiger partial charge in [-0.2, -0.15) is 0 Å². The Bertz CT molecular complexity index is 423. The van der Waals surface area contributed by atoms with Crippen molar-refractivity contribution in [2.24, 2.45) is 0 Å². The topological polar surface area (TPSA) is 35.6 Å². The number of carbonyl (C=O) groups excluding carboxylic acids is 1. The van der Waals surface area contributed by atoms with E-state index in [0.29, 0.717) is 0 Å². The minimum Gasteiger partial charge on any atom is -0.337 e. The largest absolute Gasteiger partial charge is 0.337 e. The van der Waals surface area contributed by atoms with Crippen molar-refractivity contribution in [2.45, 2.75) is 13.0 Å². The van der Waals surface area contributed by atoms with Crippen LogP contribution in [0.25, 0.3) is 0 Å². The summed E-state index contributed by atoms with van der Waals surface area (Å²) in [5.74, 6) is 0.157. The number of nitrogens with zero attached hydrogens (tertiary/aromatic N) is 2. The van der Waals surface area contributed by atoms with E-state index in [9.17, 15) is 4.79 Å². The summed E-state index contributed by atoms with van der Waals surface area (Å²) in [5.41, 5.74) is 1.99. The van der Waals surface area contributed by atoms with Crippen LogP contribution in [-0.4, -0.2) is 56.0 Å². The number of hydrogen-bond acceptors (Lipinski definition) is 3. The summed E-state index contributed by atoms with van der Waals surface area (Å²) in [7, 11) is 4.07. The lowest BCUT2D eigenvalue weighted by molar-refractivity contribution is 0.0766. The molecule has 1 aromatic carbocycles. The maximum atomic E-state index is 12.5. The molecule has 0 bridgehead atoms. The van der Waals surface area contributed by atoms with Crippen molar-refractivity contribution in [1.29, 1.82) is 0 Å². The van der Waals surface area contributed by atoms with Gasteiger partial charge in [0.1, 0.15) is 0 Å². The van der Waals surface area contributed by atoms with Gasteiger partial charge >= 0.3 is 0 Å². The molecule has 0 atom stereocenters. The van der Waals surface area contributed by atoms with Crippen LogP contribution < -0.4 is 5.32 Å². The lowest BCUT2D eigenvalue weighted by Gasteiger charge is -2.20. The highest BCUT2D eigenvalue weighted by Crippen LogP contribution is 2.11. The van der Waals surface area contributed by atoms with Crippen LogP contribution in [0.15, 0.2) is 24.3 Å². The fourth-order valence-corrected chi connectivity index (χ4v) is 2.40. The predicted molar refractivity (Wildman–Crippen MR) is 77.2 cm³/mol. The quantitative estimate of drug-likeness (QED) is 0.887. The second-order valence-corrected chi connectivity index (χ2v) is 5.33. The molecule has 2 rings (SSSR count). The lowest BCUT2D eigenvalue weighted by Crippen LogP contribution is -2.34. The molecule has 4 heteroatoms. The van der Waals surface area contributed by atoms with Gasteiger partial charge in [-0.25, -0.2) is 0 Å². The van der Waals surface area contributed by atoms with Gasteiger partial charge in [0.05, 0.1) is 0 Å². The summed E-state index contributed by atoms with van der Waals surface area (Å²) >= 11 is 0. The Morgan fingerprint density at radius 1 is 1.32 bits per heavy atom. The van der Waals surface area contributed by atoms with Gasteiger partial charge in [0.15, 0.2) is 0 Å². The molecule has 1 amide bonds. The Labute approximate surface area is 115 Å². The van der Waals surface area contributed by atoms with E-state index >= 15 is 0 Å². The minimum atomic E-state index is 0.157. The smallest absolute Gasteiger partial charge is 0.253 e. The molecule has 19 heavy (non-hydrogen) atoms. The van der Waals surface area contributed by atoms with Crippen molar-refractivity contribution >= 4 is 5.91 Å². The highest BCUT2D eigenvalue weighted by molar-refractivity contribution is 5.94. The van der Waals surface area contributed by atoms with E-state index in [0.717, 1.165) is 44.7 Å². The van der Waals surface area contributed by atoms with E-state index in [2.05, 4.69) is 16.3 Å². The van der Waals surface area contributed by atoms with Gasteiger partial charge in [-0.15, -0.1) is 0 Å². The highest BCUT2D eigenvalue weighted by atomic mass is 16.2. The molecule has 1 aliphatic heterocycles. The van der Waals surface area contributed by atoms with Crippen LogP contribution in [0.4, 0.5) is 0 Å². The number of amides is 1. The van der Waals surface area contributed by atoms with Crippen molar-refractivity contribution in [3.63, 3.8) is 0 Å². The van der Waals surface area contributed by atoms with E-state index in [4.69, 9.17) is 0 Å². The Balaban J connectivity index is 2.09. The van der Waals surface area contributed by atoms with Crippen molar-refractivity contribution in [1.82, 2.24) is 15.1 Å². The van der Waals surface area contributed by atoms with Gasteiger partial charge < -0.3 is 15.1 Å². The standard InChI is InChI=1S/C15H23N3O/c1-17(2)12-13-5-3-6-14(11-13)15(19)18-9-4-7-16-8-10-18/h3,5-6,11,16H,4,7-10,12H2,1-2H3. The summed E-state index contributed by atoms with van der Waals surface area (Å²) in [6.45, 7) is 4.41. The zero-order valence-corrected chi connectivity index (χ0v) is 11.9. The number of benzene rings is 1. The Kier molecular flexibility index (Phi) is 4.93. The van der Waals surface area contributed by atoms with Crippen LogP contribution in [-0.2, 0) is 6.54 Å². The van der Waals surface area contributed by atoms with Crippen molar-refractivity contribution < 1.29 is 4.79 Å². The van der Waals surface area contributed by atoms with Gasteiger partial charge in [0.2, 0.25) is 0 Å². The first-order chi connectivity index (χ1) is 9.16. The summed E-state index contributed by atoms with van der Waals surface area (Å²) in [6.07, 6.45) is 1.03. The van der Waals surface area contributed by atoms with Crippen LogP contribution in [0, 0.1) is 0 Å². The third-order valence-corrected chi connectivity index (χ3v) is 3.30. The first kappa shape index (κ1) is 14.0. The van der Waals surface area contributed by atoms with Gasteiger partial charge in [0, 0.05) is 31.7 Å². The number of hydrogen-bond donors (Lipinski definition) is 1. The maximum absolute atomic E-state index is 12.5. The Morgan fingerprint density at radius 2 is 2.16 bits per heavy atom. The molecular formula is C15H23N3O. The summed E-state index contributed by atoms with van der Waals surface area (Å²) < 4.78 is 0. The summed E-state index contributed by atoms with van der Waals surface area (Å²) in [4.78, 5) is 16.5. The van der Waals surface area contributed by atoms with E-state index in [1.165, 1.54) is 5.56 Å². The number of rotatable bonds is 3. The fourth-order valence-electron chi connectivity index (χ4n) is 2.40. The monoisotopic (exact) mass is 261 g/mol. The molecule has 0 saturated carbocycles. The van der Waals surface area contributed by atoms with Crippen LogP contribution in [0.3, 0.4) is 0 Å². The van der Waals surface area contributed by atoms with Gasteiger partial charge in [-0.3, -0.25) is 4.79 Å². The Morgan fingerprint density at radius 3 is 2.95 bits per heavy atom. The predicted octanol–water partition coefficient (Wildman–Crippen LogP) is 1.18. The molecule has 1 saturated heterocycles. The first-order valence-corrected chi connectivity index (χ1v) is 6.90. The van der Waals surface area contributed by atoms with E-state index in [-0.39, 0.29) is 5.91 Å². The average molecular weight is 261 g/mol. The first-order valence-electron chi connectivity index (χ1n) is 6.90. The lowest BCUT2D eigenvalue weighted by atomic mass is 10.1. The molecule has 0 aliphatic carbocycles. The van der Waals surface area contributed by atoms with Crippen molar-refractivity contribution in [3.05, 3.63) is 35.4 Å². The molecule has 1 aliphatic rings. The normalized spacial score (nSPS) is 16.5. The van der Waals surface area contributed by atoms with Crippen LogP contribution in [0.2, 0.25) is 0 Å². The van der Waals surface area contributed by atoms with Gasteiger partial charge in [-0.05, 0) is 44.8 Å². The molecule has 1 aromatic rings. The summed E-state index contributed by atoms with van der Waals surface area (Å²) in [6, 6.07) is 7.98. The van der Waals surface area contributed by atoms with E-state index in [1.54, 1.807) is 0 Å². The molecule has 1 N–H and O–H groups in total. The molecule has 0 aromatic heterocycles. The molecular weight excluding hydrogens is 238 g/mol. The van der Waals surface area contributed by atoms with E-state index in [1.807, 2.05) is 37.2 Å². The highest BCUT2D eigenvalue weighted by Gasteiger charge is 2.17. The molecule has 0 unspecified atom stereocenters. The number of nitrogens with one attached hydrogen (secondary N) is 1. The third-order valence-electron chi connectivity index (χ3n) is 3.30. The molecule has 1 fully saturated rings. The Hall–Kier alpha value is -1.39. The van der Waals surface area contributed by atoms with Crippen LogP contribution >= 0.6 is 0 Å². The zero-order chi connectivity index (χ0) is 13.7. The maximum Gasteiger partial charge on any atom is 0.253 e. The summed E-state index contributed by atoms with van der Waals surface area (Å²) in [5, 5.41) is 3.32. The molecule has 4 nitrogen and oxygen atoms in total. The minimum absolute atomic E-state index is 0.157. The average Bonchev–Trinajstić information content (AvgIpc) is 2.66. The van der Waals surface area contributed by atoms with Crippen LogP contribution in [0.5, 0.6) is 0 Å². The molecule has 1 heterocycles. The van der Waals surface area contributed by atoms with Crippen molar-refractivity contribution in [3.8, 4) is 0 Å². The van der Waals surface area contributed by atoms with Gasteiger partial charge in [-0.1, -0.05) is 12.1 Å². The number of carbonyl (C=O) groups is 1. The fraction of sp³-hybridized carbons (Fsp3) is 0.533. The van der Waals surface area contributed by atoms with Crippen LogP contribution in [0.1, 0.15) is 22.3 Å². The molecule has 0 radical (unpaired) electrons. The van der Waals surface area contributed by atoms with Crippen molar-refractivity contribution in [2.75, 3.05) is 40.3 Å². The molecule has 104 valence electrons. The zero-order valence-electron chi connectivity index (χ0n) is 11.9. The van der Waals surface area contributed by atoms with Gasteiger partial charge in [0.25, 0.3) is 5.91 Å².